The van der Waals surface area contributed by atoms with E-state index in [-0.39, 0.29) is 11.3 Å². The Morgan fingerprint density at radius 1 is 1.33 bits per heavy atom. The Hall–Kier alpha value is -0.570. The molecule has 1 aliphatic heterocycles. The summed E-state index contributed by atoms with van der Waals surface area (Å²) < 4.78 is 0. The summed E-state index contributed by atoms with van der Waals surface area (Å²) in [4.78, 5) is 12.1. The molecule has 15 heavy (non-hydrogen) atoms. The Kier molecular flexibility index (Phi) is 3.29. The topological polar surface area (TPSA) is 41.1 Å². The molecule has 0 bridgehead atoms. The summed E-state index contributed by atoms with van der Waals surface area (Å²) in [6, 6.07) is 0.455. The van der Waals surface area contributed by atoms with Crippen molar-refractivity contribution in [2.24, 2.45) is 5.41 Å². The second kappa shape index (κ2) is 4.52. The first-order valence-electron chi connectivity index (χ1n) is 6.22. The molecule has 1 amide bonds. The summed E-state index contributed by atoms with van der Waals surface area (Å²) in [6.07, 6.45) is 7.05. The van der Waals surface area contributed by atoms with Gasteiger partial charge in [0.1, 0.15) is 0 Å². The van der Waals surface area contributed by atoms with Crippen LogP contribution in [0.2, 0.25) is 0 Å². The second-order valence-corrected chi connectivity index (χ2v) is 5.30. The van der Waals surface area contributed by atoms with E-state index in [9.17, 15) is 4.79 Å². The maximum atomic E-state index is 12.1. The first-order chi connectivity index (χ1) is 7.21. The molecule has 0 spiro atoms. The van der Waals surface area contributed by atoms with E-state index in [2.05, 4.69) is 17.6 Å². The Bertz CT molecular complexity index is 228. The van der Waals surface area contributed by atoms with Crippen LogP contribution >= 0.6 is 0 Å². The zero-order valence-corrected chi connectivity index (χ0v) is 9.64. The molecule has 0 aromatic heterocycles. The Labute approximate surface area is 92.0 Å². The number of hydrogen-bond acceptors (Lipinski definition) is 2. The second-order valence-electron chi connectivity index (χ2n) is 5.30. The smallest absolute Gasteiger partial charge is 0.227 e. The largest absolute Gasteiger partial charge is 0.353 e. The minimum atomic E-state index is -0.166. The van der Waals surface area contributed by atoms with Crippen molar-refractivity contribution in [2.75, 3.05) is 13.1 Å². The molecule has 0 aromatic carbocycles. The fraction of sp³-hybridized carbons (Fsp3) is 0.917. The van der Waals surface area contributed by atoms with E-state index in [0.717, 1.165) is 25.9 Å². The highest BCUT2D eigenvalue weighted by Gasteiger charge is 2.35. The van der Waals surface area contributed by atoms with Crippen LogP contribution in [0.15, 0.2) is 0 Å². The number of rotatable bonds is 2. The van der Waals surface area contributed by atoms with Gasteiger partial charge in [0.15, 0.2) is 0 Å². The lowest BCUT2D eigenvalue weighted by Gasteiger charge is -2.33. The molecule has 1 saturated carbocycles. The molecule has 2 aliphatic rings. The van der Waals surface area contributed by atoms with Crippen LogP contribution in [0.1, 0.15) is 45.4 Å². The number of piperidine rings is 1. The molecular formula is C12H22N2O. The molecule has 0 aromatic rings. The van der Waals surface area contributed by atoms with Crippen molar-refractivity contribution in [2.45, 2.75) is 51.5 Å². The molecule has 2 rings (SSSR count). The third-order valence-corrected chi connectivity index (χ3v) is 3.84. The third kappa shape index (κ3) is 2.51. The maximum absolute atomic E-state index is 12.1. The molecule has 1 atom stereocenters. The van der Waals surface area contributed by atoms with Gasteiger partial charge >= 0.3 is 0 Å². The van der Waals surface area contributed by atoms with E-state index in [1.807, 2.05) is 0 Å². The van der Waals surface area contributed by atoms with E-state index >= 15 is 0 Å². The number of amides is 1. The van der Waals surface area contributed by atoms with Crippen molar-refractivity contribution in [1.29, 1.82) is 0 Å². The normalized spacial score (nSPS) is 32.9. The van der Waals surface area contributed by atoms with Crippen molar-refractivity contribution < 1.29 is 4.79 Å². The van der Waals surface area contributed by atoms with Gasteiger partial charge in [-0.15, -0.1) is 0 Å². The molecule has 1 aliphatic carbocycles. The Balaban J connectivity index is 1.87. The van der Waals surface area contributed by atoms with Crippen molar-refractivity contribution in [3.8, 4) is 0 Å². The standard InChI is InChI=1S/C12H22N2O/c1-12(7-4-8-13-9-12)11(15)14-10-5-2-3-6-10/h10,13H,2-9H2,1H3,(H,14,15). The summed E-state index contributed by atoms with van der Waals surface area (Å²) in [7, 11) is 0. The summed E-state index contributed by atoms with van der Waals surface area (Å²) in [5.74, 6) is 0.265. The zero-order chi connectivity index (χ0) is 10.7. The molecule has 2 fully saturated rings. The van der Waals surface area contributed by atoms with Crippen LogP contribution in [0.5, 0.6) is 0 Å². The van der Waals surface area contributed by atoms with Crippen LogP contribution in [0, 0.1) is 5.41 Å². The lowest BCUT2D eigenvalue weighted by Crippen LogP contribution is -2.50. The van der Waals surface area contributed by atoms with Crippen LogP contribution in [0.4, 0.5) is 0 Å². The van der Waals surface area contributed by atoms with Gasteiger partial charge in [-0.1, -0.05) is 12.8 Å². The highest BCUT2D eigenvalue weighted by Crippen LogP contribution is 2.27. The predicted octanol–water partition coefficient (Wildman–Crippen LogP) is 1.43. The van der Waals surface area contributed by atoms with Gasteiger partial charge in [0.2, 0.25) is 5.91 Å². The van der Waals surface area contributed by atoms with Gasteiger partial charge in [0.25, 0.3) is 0 Å². The van der Waals surface area contributed by atoms with Gasteiger partial charge in [-0.3, -0.25) is 4.79 Å². The molecule has 86 valence electrons. The fourth-order valence-electron chi connectivity index (χ4n) is 2.68. The van der Waals surface area contributed by atoms with Crippen LogP contribution < -0.4 is 10.6 Å². The van der Waals surface area contributed by atoms with E-state index in [0.29, 0.717) is 6.04 Å². The molecule has 1 unspecified atom stereocenters. The van der Waals surface area contributed by atoms with Crippen LogP contribution in [-0.2, 0) is 4.79 Å². The summed E-state index contributed by atoms with van der Waals surface area (Å²) in [5, 5.41) is 6.53. The third-order valence-electron chi connectivity index (χ3n) is 3.84. The van der Waals surface area contributed by atoms with Crippen molar-refractivity contribution in [1.82, 2.24) is 10.6 Å². The zero-order valence-electron chi connectivity index (χ0n) is 9.64. The lowest BCUT2D eigenvalue weighted by molar-refractivity contribution is -0.131. The van der Waals surface area contributed by atoms with E-state index in [1.54, 1.807) is 0 Å². The van der Waals surface area contributed by atoms with Gasteiger partial charge < -0.3 is 10.6 Å². The molecule has 3 nitrogen and oxygen atoms in total. The summed E-state index contributed by atoms with van der Waals surface area (Å²) in [6.45, 7) is 3.99. The summed E-state index contributed by atoms with van der Waals surface area (Å²) in [5.41, 5.74) is -0.166. The fourth-order valence-corrected chi connectivity index (χ4v) is 2.68. The van der Waals surface area contributed by atoms with Crippen LogP contribution in [-0.4, -0.2) is 25.0 Å². The number of hydrogen-bond donors (Lipinski definition) is 2. The maximum Gasteiger partial charge on any atom is 0.227 e. The quantitative estimate of drug-likeness (QED) is 0.724. The van der Waals surface area contributed by atoms with Crippen LogP contribution in [0.25, 0.3) is 0 Å². The Morgan fingerprint density at radius 3 is 2.67 bits per heavy atom. The van der Waals surface area contributed by atoms with Gasteiger partial charge in [0.05, 0.1) is 5.41 Å². The Morgan fingerprint density at radius 2 is 2.07 bits per heavy atom. The average Bonchev–Trinajstić information content (AvgIpc) is 2.71. The van der Waals surface area contributed by atoms with Crippen LogP contribution in [0.3, 0.4) is 0 Å². The molecule has 0 radical (unpaired) electrons. The van der Waals surface area contributed by atoms with Gasteiger partial charge in [-0.2, -0.15) is 0 Å². The van der Waals surface area contributed by atoms with E-state index in [4.69, 9.17) is 0 Å². The van der Waals surface area contributed by atoms with E-state index in [1.165, 1.54) is 25.7 Å². The number of nitrogens with one attached hydrogen (secondary N) is 2. The SMILES string of the molecule is CC1(C(=O)NC2CCCC2)CCCNC1. The van der Waals surface area contributed by atoms with Gasteiger partial charge in [-0.05, 0) is 39.2 Å². The monoisotopic (exact) mass is 210 g/mol. The van der Waals surface area contributed by atoms with Crippen molar-refractivity contribution >= 4 is 5.91 Å². The molecule has 2 N–H and O–H groups in total. The average molecular weight is 210 g/mol. The van der Waals surface area contributed by atoms with Gasteiger partial charge in [-0.25, -0.2) is 0 Å². The molecular weight excluding hydrogens is 188 g/mol. The summed E-state index contributed by atoms with van der Waals surface area (Å²) >= 11 is 0. The number of carbonyl (C=O) groups is 1. The highest BCUT2D eigenvalue weighted by atomic mass is 16.2. The van der Waals surface area contributed by atoms with Crippen molar-refractivity contribution in [3.63, 3.8) is 0 Å². The lowest BCUT2D eigenvalue weighted by atomic mass is 9.81. The molecule has 1 heterocycles. The minimum absolute atomic E-state index is 0.166. The van der Waals surface area contributed by atoms with Gasteiger partial charge in [0, 0.05) is 12.6 Å². The highest BCUT2D eigenvalue weighted by molar-refractivity contribution is 5.82. The first-order valence-corrected chi connectivity index (χ1v) is 6.22. The minimum Gasteiger partial charge on any atom is -0.353 e. The molecule has 3 heteroatoms. The first kappa shape index (κ1) is 10.9. The molecule has 1 saturated heterocycles. The van der Waals surface area contributed by atoms with Crippen molar-refractivity contribution in [3.05, 3.63) is 0 Å². The number of carbonyl (C=O) groups excluding carboxylic acids is 1. The van der Waals surface area contributed by atoms with E-state index < -0.39 is 0 Å². The predicted molar refractivity (Wildman–Crippen MR) is 60.6 cm³/mol.